The second kappa shape index (κ2) is 36.9. The number of carbonyl (C=O) groups is 10. The Labute approximate surface area is 488 Å². The third-order valence-corrected chi connectivity index (χ3v) is 13.5. The molecule has 468 valence electrons. The molecular formula is C53H88N18O13. The van der Waals surface area contributed by atoms with Crippen molar-refractivity contribution in [1.82, 2.24) is 57.4 Å². The molecule has 2 rings (SSSR count). The van der Waals surface area contributed by atoms with Crippen LogP contribution in [0.5, 0.6) is 0 Å². The van der Waals surface area contributed by atoms with E-state index < -0.39 is 145 Å². The lowest BCUT2D eigenvalue weighted by Crippen LogP contribution is -2.62. The van der Waals surface area contributed by atoms with Gasteiger partial charge >= 0.3 is 5.97 Å². The molecule has 1 aromatic heterocycles. The number of aryl methyl sites for hydroxylation is 1. The second-order valence-corrected chi connectivity index (χ2v) is 20.4. The molecule has 84 heavy (non-hydrogen) atoms. The van der Waals surface area contributed by atoms with Crippen molar-refractivity contribution in [3.63, 3.8) is 0 Å². The van der Waals surface area contributed by atoms with Crippen molar-refractivity contribution in [2.45, 2.75) is 173 Å². The van der Waals surface area contributed by atoms with Crippen LogP contribution >= 0.6 is 0 Å². The molecule has 31 heteroatoms. The van der Waals surface area contributed by atoms with Crippen molar-refractivity contribution in [3.05, 3.63) is 54.1 Å². The van der Waals surface area contributed by atoms with Gasteiger partial charge in [0.2, 0.25) is 53.2 Å². The van der Waals surface area contributed by atoms with Crippen molar-refractivity contribution in [1.29, 1.82) is 0 Å². The number of nitrogens with zero attached hydrogens (tertiary/aromatic N) is 4. The molecule has 2 aromatic rings. The van der Waals surface area contributed by atoms with Gasteiger partial charge in [-0.1, -0.05) is 57.5 Å². The average Bonchev–Trinajstić information content (AvgIpc) is 4.07. The van der Waals surface area contributed by atoms with Gasteiger partial charge in [0.15, 0.2) is 11.9 Å². The van der Waals surface area contributed by atoms with Gasteiger partial charge < -0.3 is 96.4 Å². The summed E-state index contributed by atoms with van der Waals surface area (Å²) in [5, 5.41) is 51.1. The van der Waals surface area contributed by atoms with Crippen LogP contribution in [0, 0.1) is 5.92 Å². The van der Waals surface area contributed by atoms with Crippen LogP contribution in [-0.4, -0.2) is 194 Å². The fourth-order valence-corrected chi connectivity index (χ4v) is 8.19. The predicted octanol–water partition coefficient (Wildman–Crippen LogP) is -4.93. The molecule has 0 bridgehead atoms. The molecule has 0 fully saturated rings. The monoisotopic (exact) mass is 1180 g/mol. The van der Waals surface area contributed by atoms with E-state index in [0.29, 0.717) is 25.0 Å². The molecule has 0 saturated heterocycles. The molecule has 22 N–H and O–H groups in total. The maximum absolute atomic E-state index is 14.2. The summed E-state index contributed by atoms with van der Waals surface area (Å²) in [5.41, 5.74) is 28.8. The van der Waals surface area contributed by atoms with Crippen LogP contribution in [0.25, 0.3) is 0 Å². The molecule has 0 aliphatic rings. The minimum Gasteiger partial charge on any atom is -0.480 e. The number of carboxylic acid groups (broad SMARTS) is 1. The van der Waals surface area contributed by atoms with Crippen LogP contribution < -0.4 is 71.2 Å². The molecule has 9 amide bonds. The molecule has 0 saturated carbocycles. The Balaban J connectivity index is 2.33. The van der Waals surface area contributed by atoms with Crippen LogP contribution in [0.4, 0.5) is 0 Å². The van der Waals surface area contributed by atoms with Gasteiger partial charge in [0.05, 0.1) is 31.1 Å². The fraction of sp³-hybridized carbons (Fsp3) is 0.604. The summed E-state index contributed by atoms with van der Waals surface area (Å²) in [7, 11) is 0. The van der Waals surface area contributed by atoms with Gasteiger partial charge in [-0.25, -0.2) is 4.98 Å². The van der Waals surface area contributed by atoms with Crippen molar-refractivity contribution in [2.75, 3.05) is 26.2 Å². The van der Waals surface area contributed by atoms with Crippen molar-refractivity contribution < 1.29 is 63.3 Å². The molecule has 1 aromatic carbocycles. The first-order valence-electron chi connectivity index (χ1n) is 27.7. The molecule has 1 heterocycles. The van der Waals surface area contributed by atoms with E-state index in [1.54, 1.807) is 58.0 Å². The van der Waals surface area contributed by atoms with E-state index in [-0.39, 0.29) is 63.5 Å². The quantitative estimate of drug-likeness (QED) is 0.0170. The second-order valence-electron chi connectivity index (χ2n) is 20.4. The number of nitrogens with two attached hydrogens (primary N) is 5. The number of carbonyl (C=O) groups excluding carboxylic acids is 9. The Morgan fingerprint density at radius 3 is 1.71 bits per heavy atom. The molecule has 0 aliphatic heterocycles. The van der Waals surface area contributed by atoms with Gasteiger partial charge in [-0.3, -0.25) is 57.9 Å². The first-order chi connectivity index (χ1) is 39.6. The first kappa shape index (κ1) is 71.7. The zero-order valence-electron chi connectivity index (χ0n) is 48.8. The number of aromatic nitrogens is 2. The number of nitrogens with one attached hydrogen (secondary N) is 9. The topological polar surface area (TPSA) is 514 Å². The van der Waals surface area contributed by atoms with E-state index in [0.717, 1.165) is 24.3 Å². The van der Waals surface area contributed by atoms with Crippen LogP contribution in [0.1, 0.15) is 105 Å². The van der Waals surface area contributed by atoms with Crippen LogP contribution in [0.3, 0.4) is 0 Å². The van der Waals surface area contributed by atoms with Crippen LogP contribution in [0.15, 0.2) is 52.8 Å². The predicted molar refractivity (Wildman–Crippen MR) is 309 cm³/mol. The number of carboxylic acids is 1. The van der Waals surface area contributed by atoms with E-state index in [1.165, 1.54) is 19.4 Å². The molecule has 12 atom stereocenters. The van der Waals surface area contributed by atoms with Crippen molar-refractivity contribution >= 4 is 71.1 Å². The Bertz CT molecular complexity index is 2530. The Hall–Kier alpha value is -8.45. The van der Waals surface area contributed by atoms with Gasteiger partial charge in [0.1, 0.15) is 48.8 Å². The summed E-state index contributed by atoms with van der Waals surface area (Å²) in [6, 6.07) is -2.81. The number of hydrogen-bond acceptors (Lipinski definition) is 16. The van der Waals surface area contributed by atoms with Gasteiger partial charge in [-0.05, 0) is 84.1 Å². The number of aliphatic hydroxyl groups is 2. The molecule has 31 nitrogen and oxygen atoms in total. The van der Waals surface area contributed by atoms with Crippen molar-refractivity contribution in [3.8, 4) is 0 Å². The van der Waals surface area contributed by atoms with Gasteiger partial charge in [0.25, 0.3) is 0 Å². The number of hydrogen-bond donors (Lipinski definition) is 17. The number of rotatable bonds is 38. The summed E-state index contributed by atoms with van der Waals surface area (Å²) in [5.74, 6) is -10.1. The maximum Gasteiger partial charge on any atom is 0.323 e. The highest BCUT2D eigenvalue weighted by Gasteiger charge is 2.37. The smallest absolute Gasteiger partial charge is 0.323 e. The lowest BCUT2D eigenvalue weighted by Gasteiger charge is -2.34. The van der Waals surface area contributed by atoms with Crippen LogP contribution in [0.2, 0.25) is 0 Å². The zero-order chi connectivity index (χ0) is 63.2. The number of aliphatic carboxylic acids is 1. The molecule has 0 spiro atoms. The lowest BCUT2D eigenvalue weighted by atomic mass is 9.96. The summed E-state index contributed by atoms with van der Waals surface area (Å²) >= 11 is 0. The first-order valence-corrected chi connectivity index (χ1v) is 27.7. The Morgan fingerprint density at radius 1 is 0.631 bits per heavy atom. The lowest BCUT2D eigenvalue weighted by molar-refractivity contribution is -0.148. The van der Waals surface area contributed by atoms with Gasteiger partial charge in [0, 0.05) is 37.4 Å². The minimum absolute atomic E-state index is 0.000866. The Kier molecular flexibility index (Phi) is 31.5. The SMILES string of the molecule is CCC(C)[C@H](NC(=O)[C@@H](CCCN=C(N)N)NC(=O)CNC(=O)[C@@H](NC(=O)[C@@H](NC(=O)[C@H](Cc1cnc[nH]1)NC(=O)[C@H](CCc1ccccc1)NC(=O)[C@H](C)NC(=O)[C@@H](N)CCCN=C(N)N)[C@@H](C)O)[C@@H](C)O)C(=O)N(CC(=O)O)C(C)CC. The average molecular weight is 1190 g/mol. The third-order valence-electron chi connectivity index (χ3n) is 13.5. The summed E-state index contributed by atoms with van der Waals surface area (Å²) in [4.78, 5) is 151. The number of aliphatic hydroxyl groups excluding tert-OH is 2. The van der Waals surface area contributed by atoms with E-state index >= 15 is 0 Å². The molecule has 2 unspecified atom stereocenters. The fourth-order valence-electron chi connectivity index (χ4n) is 8.19. The minimum atomic E-state index is -1.85. The van der Waals surface area contributed by atoms with E-state index in [9.17, 15) is 63.3 Å². The third kappa shape index (κ3) is 25.8. The van der Waals surface area contributed by atoms with Gasteiger partial charge in [-0.15, -0.1) is 0 Å². The number of H-pyrrole nitrogens is 1. The highest BCUT2D eigenvalue weighted by Crippen LogP contribution is 2.16. The summed E-state index contributed by atoms with van der Waals surface area (Å²) in [6.45, 7) is 9.39. The number of imidazole rings is 1. The Morgan fingerprint density at radius 2 is 1.17 bits per heavy atom. The number of aromatic amines is 1. The normalized spacial score (nSPS) is 15.3. The number of aliphatic imine (C=N–C) groups is 2. The van der Waals surface area contributed by atoms with E-state index in [4.69, 9.17) is 28.7 Å². The highest BCUT2D eigenvalue weighted by molar-refractivity contribution is 5.98. The number of guanidine groups is 2. The molecule has 0 aliphatic carbocycles. The molecular weight excluding hydrogens is 1100 g/mol. The van der Waals surface area contributed by atoms with Gasteiger partial charge in [-0.2, -0.15) is 0 Å². The van der Waals surface area contributed by atoms with Crippen molar-refractivity contribution in [2.24, 2.45) is 44.6 Å². The van der Waals surface area contributed by atoms with E-state index in [2.05, 4.69) is 62.5 Å². The summed E-state index contributed by atoms with van der Waals surface area (Å²) < 4.78 is 0. The van der Waals surface area contributed by atoms with Crippen LogP contribution in [-0.2, 0) is 60.8 Å². The number of benzene rings is 1. The highest BCUT2D eigenvalue weighted by atomic mass is 16.4. The molecule has 0 radical (unpaired) electrons. The standard InChI is InChI=1S/C53H88N18O13/c1-8-28(3)41(51(84)71(26-40(75)76)29(4)9-2)68-47(80)36(18-14-22-61-53(57)58)65-39(74)25-62-49(82)42(31(6)72)70-50(83)43(32(7)73)69-48(81)38(23-34-24-59-27-63-34)67-46(79)37(20-19-33-15-11-10-12-16-33)66-44(77)30(5)64-45(78)35(54)17-13-21-60-52(55)56/h10-12,15-16,24,27-32,35-38,41-43,72-73H,8-9,13-14,17-23,25-26,54H2,1-7H3,(H,59,63)(H,62,82)(H,64,78)(H,65,74)(H,66,77)(H,67,79)(H,68,80)(H,69,81)(H,70,83)(H,75,76)(H4,55,56,60)(H4,57,58,61)/t28?,29?,30-,31+,32+,35-,36+,37-,38-,41-,42-,43-/m0/s1. The summed E-state index contributed by atoms with van der Waals surface area (Å²) in [6.07, 6.45) is 0.789. The largest absolute Gasteiger partial charge is 0.480 e. The zero-order valence-corrected chi connectivity index (χ0v) is 48.8. The number of amides is 9. The maximum atomic E-state index is 14.2. The van der Waals surface area contributed by atoms with E-state index in [1.807, 2.05) is 0 Å².